The van der Waals surface area contributed by atoms with Crippen molar-refractivity contribution in [3.05, 3.63) is 54.4 Å². The Hall–Kier alpha value is -3.42. The smallest absolute Gasteiger partial charge is 0.271 e. The van der Waals surface area contributed by atoms with Gasteiger partial charge in [-0.2, -0.15) is 0 Å². The number of nitrogens with zero attached hydrogens (tertiary/aromatic N) is 2. The van der Waals surface area contributed by atoms with E-state index in [1.807, 2.05) is 30.6 Å². The zero-order valence-corrected chi connectivity index (χ0v) is 16.5. The predicted octanol–water partition coefficient (Wildman–Crippen LogP) is 1.80. The number of hydrazine groups is 1. The van der Waals surface area contributed by atoms with E-state index in [1.165, 1.54) is 4.90 Å². The molecule has 4 amide bonds. The van der Waals surface area contributed by atoms with Crippen molar-refractivity contribution < 1.29 is 19.2 Å². The number of carbonyl (C=O) groups is 4. The molecule has 30 heavy (non-hydrogen) atoms. The van der Waals surface area contributed by atoms with E-state index in [9.17, 15) is 19.2 Å². The molecule has 156 valence electrons. The summed E-state index contributed by atoms with van der Waals surface area (Å²) >= 11 is 0. The van der Waals surface area contributed by atoms with Crippen LogP contribution in [0.1, 0.15) is 42.5 Å². The number of imide groups is 1. The Balaban J connectivity index is 1.31. The highest BCUT2D eigenvalue weighted by molar-refractivity contribution is 6.05. The van der Waals surface area contributed by atoms with E-state index in [0.29, 0.717) is 11.3 Å². The Morgan fingerprint density at radius 1 is 0.900 bits per heavy atom. The first-order chi connectivity index (χ1) is 14.6. The highest BCUT2D eigenvalue weighted by Gasteiger charge is 2.47. The van der Waals surface area contributed by atoms with E-state index < -0.39 is 11.8 Å². The highest BCUT2D eigenvalue weighted by Crippen LogP contribution is 2.37. The molecule has 4 rings (SSSR count). The van der Waals surface area contributed by atoms with Gasteiger partial charge in [0.25, 0.3) is 5.91 Å². The molecule has 2 atom stereocenters. The highest BCUT2D eigenvalue weighted by atomic mass is 16.2. The van der Waals surface area contributed by atoms with Gasteiger partial charge in [-0.15, -0.1) is 0 Å². The first kappa shape index (κ1) is 19.9. The summed E-state index contributed by atoms with van der Waals surface area (Å²) in [6.45, 7) is 0.0341. The fourth-order valence-electron chi connectivity index (χ4n) is 4.31. The molecule has 1 aliphatic carbocycles. The van der Waals surface area contributed by atoms with Crippen LogP contribution in [0.4, 0.5) is 0 Å². The van der Waals surface area contributed by atoms with Crippen LogP contribution in [0.3, 0.4) is 0 Å². The molecule has 2 fully saturated rings. The molecule has 0 bridgehead atoms. The lowest BCUT2D eigenvalue weighted by Crippen LogP contribution is -2.43. The molecular weight excluding hydrogens is 384 g/mol. The van der Waals surface area contributed by atoms with E-state index in [4.69, 9.17) is 0 Å². The van der Waals surface area contributed by atoms with Crippen LogP contribution in [0.25, 0.3) is 5.69 Å². The van der Waals surface area contributed by atoms with Crippen molar-refractivity contribution in [1.82, 2.24) is 20.3 Å². The summed E-state index contributed by atoms with van der Waals surface area (Å²) in [6, 6.07) is 10.8. The molecule has 0 radical (unpaired) electrons. The molecule has 1 aliphatic heterocycles. The predicted molar refractivity (Wildman–Crippen MR) is 108 cm³/mol. The minimum Gasteiger partial charge on any atom is -0.323 e. The van der Waals surface area contributed by atoms with E-state index in [1.54, 1.807) is 22.8 Å². The molecule has 2 N–H and O–H groups in total. The van der Waals surface area contributed by atoms with Crippen LogP contribution >= 0.6 is 0 Å². The summed E-state index contributed by atoms with van der Waals surface area (Å²) < 4.78 is 1.81. The summed E-state index contributed by atoms with van der Waals surface area (Å²) in [5.41, 5.74) is 5.87. The zero-order chi connectivity index (χ0) is 21.1. The minimum absolute atomic E-state index is 0.0341. The Bertz CT molecular complexity index is 945. The zero-order valence-electron chi connectivity index (χ0n) is 16.5. The van der Waals surface area contributed by atoms with Crippen LogP contribution in [0.15, 0.2) is 48.8 Å². The minimum atomic E-state index is -0.461. The first-order valence-electron chi connectivity index (χ1n) is 10.2. The van der Waals surface area contributed by atoms with Gasteiger partial charge in [-0.3, -0.25) is 34.9 Å². The van der Waals surface area contributed by atoms with Crippen molar-refractivity contribution in [3.63, 3.8) is 0 Å². The fraction of sp³-hybridized carbons (Fsp3) is 0.364. The number of carbonyl (C=O) groups excluding carboxylic acids is 4. The first-order valence-corrected chi connectivity index (χ1v) is 10.2. The fourth-order valence-corrected chi connectivity index (χ4v) is 4.31. The van der Waals surface area contributed by atoms with Crippen molar-refractivity contribution in [2.45, 2.75) is 32.1 Å². The average Bonchev–Trinajstić information content (AvgIpc) is 3.39. The number of hydrogen-bond acceptors (Lipinski definition) is 4. The third-order valence-electron chi connectivity index (χ3n) is 5.84. The molecule has 1 aromatic heterocycles. The third-order valence-corrected chi connectivity index (χ3v) is 5.84. The van der Waals surface area contributed by atoms with Crippen molar-refractivity contribution in [2.75, 3.05) is 6.54 Å². The number of para-hydroxylation sites is 1. The Morgan fingerprint density at radius 2 is 1.53 bits per heavy atom. The number of fused-ring (bicyclic) bond motifs is 1. The summed E-state index contributed by atoms with van der Waals surface area (Å²) in [6.07, 6.45) is 7.01. The van der Waals surface area contributed by atoms with Crippen molar-refractivity contribution in [1.29, 1.82) is 0 Å². The van der Waals surface area contributed by atoms with Gasteiger partial charge in [-0.25, -0.2) is 0 Å². The maximum atomic E-state index is 12.5. The maximum absolute atomic E-state index is 12.5. The molecule has 2 aromatic rings. The van der Waals surface area contributed by atoms with Gasteiger partial charge in [0.15, 0.2) is 0 Å². The van der Waals surface area contributed by atoms with Gasteiger partial charge >= 0.3 is 0 Å². The molecule has 1 saturated heterocycles. The topological polar surface area (TPSA) is 101 Å². The lowest BCUT2D eigenvalue weighted by Gasteiger charge is -2.19. The molecular formula is C22H24N4O4. The van der Waals surface area contributed by atoms with Gasteiger partial charge in [0, 0.05) is 25.4 Å². The van der Waals surface area contributed by atoms with Gasteiger partial charge < -0.3 is 4.57 Å². The second kappa shape index (κ2) is 8.52. The van der Waals surface area contributed by atoms with E-state index in [-0.39, 0.29) is 36.6 Å². The summed E-state index contributed by atoms with van der Waals surface area (Å²) in [7, 11) is 0. The monoisotopic (exact) mass is 408 g/mol. The van der Waals surface area contributed by atoms with Gasteiger partial charge in [-0.05, 0) is 37.1 Å². The van der Waals surface area contributed by atoms with Crippen molar-refractivity contribution in [2.24, 2.45) is 11.8 Å². The largest absolute Gasteiger partial charge is 0.323 e. The Kier molecular flexibility index (Phi) is 5.65. The van der Waals surface area contributed by atoms with Crippen LogP contribution in [-0.2, 0) is 14.4 Å². The van der Waals surface area contributed by atoms with Gasteiger partial charge in [0.2, 0.25) is 17.7 Å². The summed E-state index contributed by atoms with van der Waals surface area (Å²) in [4.78, 5) is 50.9. The van der Waals surface area contributed by atoms with Crippen molar-refractivity contribution in [3.8, 4) is 5.69 Å². The van der Waals surface area contributed by atoms with Crippen molar-refractivity contribution >= 4 is 23.6 Å². The molecule has 0 spiro atoms. The Morgan fingerprint density at radius 3 is 2.20 bits per heavy atom. The molecule has 0 unspecified atom stereocenters. The average molecular weight is 408 g/mol. The number of hydrogen-bond donors (Lipinski definition) is 2. The normalized spacial score (nSPS) is 20.7. The lowest BCUT2D eigenvalue weighted by molar-refractivity contribution is -0.140. The number of rotatable bonds is 5. The van der Waals surface area contributed by atoms with Gasteiger partial charge in [0.05, 0.1) is 23.1 Å². The third kappa shape index (κ3) is 3.85. The quantitative estimate of drug-likeness (QED) is 0.582. The SMILES string of the molecule is O=C(CCN1C(=O)[C@@H]2CCCC[C@H]2C1=O)NNC(=O)c1ccccc1-n1cccc1. The standard InChI is InChI=1S/C22H24N4O4/c27-19(11-14-26-21(29)15-7-1-2-8-16(15)22(26)30)23-24-20(28)17-9-3-4-10-18(17)25-12-5-6-13-25/h3-6,9-10,12-13,15-16H,1-2,7-8,11,14H2,(H,23,27)(H,24,28)/t15-,16-/m1/s1. The Labute approximate surface area is 174 Å². The summed E-state index contributed by atoms with van der Waals surface area (Å²) in [5, 5.41) is 0. The summed E-state index contributed by atoms with van der Waals surface area (Å²) in [5.74, 6) is -1.69. The van der Waals surface area contributed by atoms with Crippen LogP contribution < -0.4 is 10.9 Å². The number of likely N-dealkylation sites (tertiary alicyclic amines) is 1. The van der Waals surface area contributed by atoms with Crippen LogP contribution in [0, 0.1) is 11.8 Å². The maximum Gasteiger partial charge on any atom is 0.271 e. The van der Waals surface area contributed by atoms with E-state index >= 15 is 0 Å². The molecule has 8 heteroatoms. The molecule has 1 saturated carbocycles. The molecule has 2 heterocycles. The van der Waals surface area contributed by atoms with Gasteiger partial charge in [0.1, 0.15) is 0 Å². The molecule has 2 aliphatic rings. The van der Waals surface area contributed by atoms with E-state index in [0.717, 1.165) is 25.7 Å². The second-order valence-corrected chi connectivity index (χ2v) is 7.69. The van der Waals surface area contributed by atoms with Crippen LogP contribution in [0.2, 0.25) is 0 Å². The van der Waals surface area contributed by atoms with Crippen LogP contribution in [-0.4, -0.2) is 39.6 Å². The second-order valence-electron chi connectivity index (χ2n) is 7.69. The van der Waals surface area contributed by atoms with E-state index in [2.05, 4.69) is 10.9 Å². The lowest BCUT2D eigenvalue weighted by atomic mass is 9.81. The molecule has 8 nitrogen and oxygen atoms in total. The molecule has 1 aromatic carbocycles. The van der Waals surface area contributed by atoms with Crippen LogP contribution in [0.5, 0.6) is 0 Å². The number of nitrogens with one attached hydrogen (secondary N) is 2. The number of benzene rings is 1. The number of amides is 4. The van der Waals surface area contributed by atoms with Gasteiger partial charge in [-0.1, -0.05) is 25.0 Å². The number of aromatic nitrogens is 1.